The third kappa shape index (κ3) is 3.58. The maximum atomic E-state index is 14.2. The van der Waals surface area contributed by atoms with Gasteiger partial charge in [0.05, 0.1) is 5.56 Å². The first-order valence-corrected chi connectivity index (χ1v) is 10.3. The predicted molar refractivity (Wildman–Crippen MR) is 116 cm³/mol. The number of halogens is 1. The van der Waals surface area contributed by atoms with Crippen LogP contribution in [0.5, 0.6) is 0 Å². The Hall–Kier alpha value is -3.48. The minimum Gasteiger partial charge on any atom is -0.371 e. The van der Waals surface area contributed by atoms with E-state index < -0.39 is 0 Å². The second kappa shape index (κ2) is 8.10. The first kappa shape index (κ1) is 18.5. The molecule has 2 aromatic heterocycles. The highest BCUT2D eigenvalue weighted by molar-refractivity contribution is 5.60. The van der Waals surface area contributed by atoms with Gasteiger partial charge in [-0.15, -0.1) is 15.3 Å². The maximum absolute atomic E-state index is 14.2. The topological polar surface area (TPSA) is 58.4 Å². The smallest absolute Gasteiger partial charge is 0.188 e. The van der Waals surface area contributed by atoms with Gasteiger partial charge in [0.15, 0.2) is 11.5 Å². The molecule has 0 radical (unpaired) electrons. The van der Waals surface area contributed by atoms with E-state index in [2.05, 4.69) is 49.8 Å². The van der Waals surface area contributed by atoms with Crippen LogP contribution in [-0.4, -0.2) is 32.9 Å². The molecule has 5 rings (SSSR count). The molecule has 4 aromatic rings. The lowest BCUT2D eigenvalue weighted by atomic mass is 10.1. The Bertz CT molecular complexity index is 1170. The summed E-state index contributed by atoms with van der Waals surface area (Å²) in [5, 5.41) is 16.3. The van der Waals surface area contributed by atoms with Crippen LogP contribution >= 0.6 is 0 Å². The quantitative estimate of drug-likeness (QED) is 0.531. The first-order chi connectivity index (χ1) is 14.8. The van der Waals surface area contributed by atoms with Crippen molar-refractivity contribution in [1.82, 2.24) is 19.8 Å². The van der Waals surface area contributed by atoms with Crippen LogP contribution in [0.3, 0.4) is 0 Å². The number of nitrogens with zero attached hydrogens (tertiary/aromatic N) is 5. The molecule has 0 spiro atoms. The molecular weight excluding hydrogens is 379 g/mol. The summed E-state index contributed by atoms with van der Waals surface area (Å²) in [4.78, 5) is 2.47. The van der Waals surface area contributed by atoms with Crippen LogP contribution in [0.1, 0.15) is 24.8 Å². The van der Waals surface area contributed by atoms with E-state index in [1.807, 2.05) is 12.1 Å². The number of rotatable bonds is 5. The van der Waals surface area contributed by atoms with E-state index in [-0.39, 0.29) is 5.82 Å². The van der Waals surface area contributed by atoms with Crippen LogP contribution in [-0.2, 0) is 6.54 Å². The monoisotopic (exact) mass is 402 g/mol. The van der Waals surface area contributed by atoms with E-state index in [4.69, 9.17) is 0 Å². The molecule has 0 saturated carbocycles. The second-order valence-electron chi connectivity index (χ2n) is 7.52. The fourth-order valence-electron chi connectivity index (χ4n) is 3.98. The lowest BCUT2D eigenvalue weighted by molar-refractivity contribution is 0.576. The number of aromatic nitrogens is 4. The molecule has 0 atom stereocenters. The van der Waals surface area contributed by atoms with Gasteiger partial charge in [0.1, 0.15) is 11.6 Å². The molecule has 1 fully saturated rings. The Morgan fingerprint density at radius 1 is 0.867 bits per heavy atom. The molecule has 0 unspecified atom stereocenters. The van der Waals surface area contributed by atoms with E-state index >= 15 is 0 Å². The summed E-state index contributed by atoms with van der Waals surface area (Å²) in [5.74, 6) is 0.733. The average molecular weight is 402 g/mol. The van der Waals surface area contributed by atoms with E-state index in [0.29, 0.717) is 29.4 Å². The number of piperidine rings is 1. The number of hydrogen-bond donors (Lipinski definition) is 1. The van der Waals surface area contributed by atoms with E-state index in [1.165, 1.54) is 36.6 Å². The fourth-order valence-corrected chi connectivity index (χ4v) is 3.98. The molecule has 3 heterocycles. The molecule has 2 aromatic carbocycles. The number of para-hydroxylation sites is 1. The SMILES string of the molecule is Fc1ccccc1-c1nnc2ccc(NCc3ccccc3N3CCCCC3)nn12. The Balaban J connectivity index is 1.41. The fraction of sp³-hybridized carbons (Fsp3) is 0.261. The maximum Gasteiger partial charge on any atom is 0.188 e. The molecule has 0 aliphatic carbocycles. The third-order valence-corrected chi connectivity index (χ3v) is 5.53. The zero-order chi connectivity index (χ0) is 20.3. The number of anilines is 2. The first-order valence-electron chi connectivity index (χ1n) is 10.3. The lowest BCUT2D eigenvalue weighted by Gasteiger charge is -2.30. The summed E-state index contributed by atoms with van der Waals surface area (Å²) in [6.45, 7) is 2.87. The van der Waals surface area contributed by atoms with Crippen molar-refractivity contribution in [1.29, 1.82) is 0 Å². The van der Waals surface area contributed by atoms with Gasteiger partial charge >= 0.3 is 0 Å². The van der Waals surface area contributed by atoms with Gasteiger partial charge in [-0.05, 0) is 55.2 Å². The second-order valence-corrected chi connectivity index (χ2v) is 7.52. The number of benzene rings is 2. The van der Waals surface area contributed by atoms with Crippen LogP contribution in [0.15, 0.2) is 60.7 Å². The molecule has 152 valence electrons. The minimum absolute atomic E-state index is 0.345. The van der Waals surface area contributed by atoms with Gasteiger partial charge in [0.2, 0.25) is 0 Å². The number of nitrogens with one attached hydrogen (secondary N) is 1. The Labute approximate surface area is 174 Å². The molecule has 7 heteroatoms. The summed E-state index contributed by atoms with van der Waals surface area (Å²) in [7, 11) is 0. The van der Waals surface area contributed by atoms with Crippen molar-refractivity contribution in [2.45, 2.75) is 25.8 Å². The Morgan fingerprint density at radius 2 is 1.67 bits per heavy atom. The van der Waals surface area contributed by atoms with Crippen molar-refractivity contribution in [2.75, 3.05) is 23.3 Å². The normalized spacial score (nSPS) is 14.2. The van der Waals surface area contributed by atoms with E-state index in [1.54, 1.807) is 22.7 Å². The molecule has 30 heavy (non-hydrogen) atoms. The number of fused-ring (bicyclic) bond motifs is 1. The van der Waals surface area contributed by atoms with Crippen LogP contribution in [0.4, 0.5) is 15.9 Å². The van der Waals surface area contributed by atoms with E-state index in [9.17, 15) is 4.39 Å². The minimum atomic E-state index is -0.345. The molecule has 0 amide bonds. The summed E-state index contributed by atoms with van der Waals surface area (Å²) >= 11 is 0. The zero-order valence-electron chi connectivity index (χ0n) is 16.6. The van der Waals surface area contributed by atoms with Gasteiger partial charge in [0.25, 0.3) is 0 Å². The third-order valence-electron chi connectivity index (χ3n) is 5.53. The van der Waals surface area contributed by atoms with Gasteiger partial charge < -0.3 is 10.2 Å². The highest BCUT2D eigenvalue weighted by atomic mass is 19.1. The molecule has 1 aliphatic rings. The van der Waals surface area contributed by atoms with Crippen molar-refractivity contribution < 1.29 is 4.39 Å². The summed E-state index contributed by atoms with van der Waals surface area (Å²) in [6.07, 6.45) is 3.79. The molecule has 1 aliphatic heterocycles. The van der Waals surface area contributed by atoms with Crippen molar-refractivity contribution in [3.8, 4) is 11.4 Å². The largest absolute Gasteiger partial charge is 0.371 e. The van der Waals surface area contributed by atoms with Crippen molar-refractivity contribution in [3.63, 3.8) is 0 Å². The summed E-state index contributed by atoms with van der Waals surface area (Å²) < 4.78 is 15.8. The molecule has 1 saturated heterocycles. The van der Waals surface area contributed by atoms with Crippen molar-refractivity contribution >= 4 is 17.2 Å². The van der Waals surface area contributed by atoms with Gasteiger partial charge in [-0.1, -0.05) is 30.3 Å². The average Bonchev–Trinajstić information content (AvgIpc) is 3.22. The highest BCUT2D eigenvalue weighted by Crippen LogP contribution is 2.25. The Kier molecular flexibility index (Phi) is 5.01. The summed E-state index contributed by atoms with van der Waals surface area (Å²) in [6, 6.07) is 18.7. The zero-order valence-corrected chi connectivity index (χ0v) is 16.6. The van der Waals surface area contributed by atoms with Crippen LogP contribution in [0.2, 0.25) is 0 Å². The van der Waals surface area contributed by atoms with Gasteiger partial charge in [0, 0.05) is 25.3 Å². The molecule has 1 N–H and O–H groups in total. The van der Waals surface area contributed by atoms with Crippen molar-refractivity contribution in [3.05, 3.63) is 72.0 Å². The molecule has 6 nitrogen and oxygen atoms in total. The van der Waals surface area contributed by atoms with Crippen LogP contribution < -0.4 is 10.2 Å². The van der Waals surface area contributed by atoms with Gasteiger partial charge in [-0.3, -0.25) is 0 Å². The van der Waals surface area contributed by atoms with Crippen molar-refractivity contribution in [2.24, 2.45) is 0 Å². The van der Waals surface area contributed by atoms with Gasteiger partial charge in [-0.2, -0.15) is 4.52 Å². The highest BCUT2D eigenvalue weighted by Gasteiger charge is 2.15. The van der Waals surface area contributed by atoms with E-state index in [0.717, 1.165) is 13.1 Å². The summed E-state index contributed by atoms with van der Waals surface area (Å²) in [5.41, 5.74) is 3.47. The molecular formula is C23H23FN6. The standard InChI is InChI=1S/C23H23FN6/c24-19-10-4-3-9-18(19)23-27-26-22-13-12-21(28-30(22)23)25-16-17-8-2-5-11-20(17)29-14-6-1-7-15-29/h2-5,8-13H,1,6-7,14-16H2,(H,25,28). The predicted octanol–water partition coefficient (Wildman–Crippen LogP) is 4.53. The van der Waals surface area contributed by atoms with Crippen LogP contribution in [0.25, 0.3) is 17.0 Å². The van der Waals surface area contributed by atoms with Crippen LogP contribution in [0, 0.1) is 5.82 Å². The van der Waals surface area contributed by atoms with Gasteiger partial charge in [-0.25, -0.2) is 4.39 Å². The molecule has 0 bridgehead atoms. The Morgan fingerprint density at radius 3 is 2.53 bits per heavy atom. The lowest BCUT2D eigenvalue weighted by Crippen LogP contribution is -2.30. The number of hydrogen-bond acceptors (Lipinski definition) is 5.